The van der Waals surface area contributed by atoms with Crippen molar-refractivity contribution in [2.45, 2.75) is 12.8 Å². The van der Waals surface area contributed by atoms with Crippen LogP contribution >= 0.6 is 0 Å². The zero-order valence-electron chi connectivity index (χ0n) is 8.93. The highest BCUT2D eigenvalue weighted by Crippen LogP contribution is 2.22. The Bertz CT molecular complexity index is 340. The van der Waals surface area contributed by atoms with Gasteiger partial charge in [0.2, 0.25) is 0 Å². The van der Waals surface area contributed by atoms with Gasteiger partial charge in [0.1, 0.15) is 0 Å². The van der Waals surface area contributed by atoms with E-state index in [9.17, 15) is 8.78 Å². The van der Waals surface area contributed by atoms with Crippen molar-refractivity contribution >= 4 is 5.69 Å². The van der Waals surface area contributed by atoms with Gasteiger partial charge in [-0.2, -0.15) is 0 Å². The van der Waals surface area contributed by atoms with Gasteiger partial charge in [0, 0.05) is 20.7 Å². The Kier molecular flexibility index (Phi) is 4.03. The first-order chi connectivity index (χ1) is 7.06. The van der Waals surface area contributed by atoms with Crippen LogP contribution in [0.1, 0.15) is 12.0 Å². The Morgan fingerprint density at radius 1 is 1.27 bits per heavy atom. The highest BCUT2D eigenvalue weighted by atomic mass is 19.2. The molecule has 0 spiro atoms. The molecule has 1 rings (SSSR count). The van der Waals surface area contributed by atoms with E-state index < -0.39 is 11.6 Å². The molecule has 0 saturated heterocycles. The van der Waals surface area contributed by atoms with E-state index in [0.717, 1.165) is 0 Å². The quantitative estimate of drug-likeness (QED) is 0.829. The first-order valence-corrected chi connectivity index (χ1v) is 4.82. The molecule has 15 heavy (non-hydrogen) atoms. The number of halogens is 2. The molecule has 0 unspecified atom stereocenters. The molecule has 0 heterocycles. The van der Waals surface area contributed by atoms with E-state index in [4.69, 9.17) is 5.11 Å². The summed E-state index contributed by atoms with van der Waals surface area (Å²) in [7, 11) is 3.32. The van der Waals surface area contributed by atoms with E-state index in [-0.39, 0.29) is 12.3 Å². The Morgan fingerprint density at radius 3 is 2.47 bits per heavy atom. The Morgan fingerprint density at radius 2 is 1.93 bits per heavy atom. The summed E-state index contributed by atoms with van der Waals surface area (Å²) in [6.45, 7) is 0.0519. The van der Waals surface area contributed by atoms with Crippen LogP contribution < -0.4 is 4.90 Å². The Balaban J connectivity index is 3.00. The summed E-state index contributed by atoms with van der Waals surface area (Å²) in [6, 6.07) is 2.78. The molecular weight excluding hydrogens is 200 g/mol. The van der Waals surface area contributed by atoms with Crippen molar-refractivity contribution < 1.29 is 13.9 Å². The highest BCUT2D eigenvalue weighted by Gasteiger charge is 2.11. The molecule has 1 aromatic carbocycles. The smallest absolute Gasteiger partial charge is 0.182 e. The molecule has 0 aliphatic heterocycles. The fraction of sp³-hybridized carbons (Fsp3) is 0.455. The normalized spacial score (nSPS) is 10.5. The third-order valence-corrected chi connectivity index (χ3v) is 2.17. The van der Waals surface area contributed by atoms with Gasteiger partial charge in [-0.25, -0.2) is 8.78 Å². The Hall–Kier alpha value is -1.16. The summed E-state index contributed by atoms with van der Waals surface area (Å²) < 4.78 is 26.5. The van der Waals surface area contributed by atoms with Crippen molar-refractivity contribution in [3.63, 3.8) is 0 Å². The van der Waals surface area contributed by atoms with Crippen molar-refractivity contribution in [3.05, 3.63) is 29.3 Å². The molecule has 0 aliphatic carbocycles. The fourth-order valence-corrected chi connectivity index (χ4v) is 1.38. The molecule has 84 valence electrons. The minimum atomic E-state index is -0.839. The third-order valence-electron chi connectivity index (χ3n) is 2.17. The van der Waals surface area contributed by atoms with E-state index in [1.807, 2.05) is 0 Å². The molecule has 0 amide bonds. The number of hydrogen-bond acceptors (Lipinski definition) is 2. The second-order valence-electron chi connectivity index (χ2n) is 3.63. The molecule has 0 saturated carbocycles. The van der Waals surface area contributed by atoms with Gasteiger partial charge in [0.15, 0.2) is 11.6 Å². The van der Waals surface area contributed by atoms with Crippen LogP contribution in [0.25, 0.3) is 0 Å². The van der Waals surface area contributed by atoms with Crippen LogP contribution in [0.4, 0.5) is 14.5 Å². The summed E-state index contributed by atoms with van der Waals surface area (Å²) >= 11 is 0. The number of anilines is 1. The summed E-state index contributed by atoms with van der Waals surface area (Å²) in [5.41, 5.74) is 0.939. The maximum Gasteiger partial charge on any atom is 0.182 e. The monoisotopic (exact) mass is 215 g/mol. The lowest BCUT2D eigenvalue weighted by Crippen LogP contribution is -2.12. The van der Waals surface area contributed by atoms with Crippen LogP contribution in [0.5, 0.6) is 0 Å². The van der Waals surface area contributed by atoms with Crippen molar-refractivity contribution in [2.24, 2.45) is 0 Å². The number of hydrogen-bond donors (Lipinski definition) is 1. The zero-order chi connectivity index (χ0) is 11.4. The van der Waals surface area contributed by atoms with Crippen molar-refractivity contribution in [1.82, 2.24) is 0 Å². The third kappa shape index (κ3) is 2.89. The molecule has 0 aliphatic rings. The maximum absolute atomic E-state index is 13.3. The van der Waals surface area contributed by atoms with Crippen LogP contribution in [0.3, 0.4) is 0 Å². The van der Waals surface area contributed by atoms with E-state index in [0.29, 0.717) is 18.4 Å². The molecule has 4 heteroatoms. The standard InChI is InChI=1S/C11H15F2NO/c1-14(2)10-7-8(4-3-5-15)6-9(12)11(10)13/h6-7,15H,3-5H2,1-2H3. The van der Waals surface area contributed by atoms with Crippen molar-refractivity contribution in [2.75, 3.05) is 25.6 Å². The van der Waals surface area contributed by atoms with Gasteiger partial charge in [0.05, 0.1) is 5.69 Å². The van der Waals surface area contributed by atoms with Crippen LogP contribution in [-0.4, -0.2) is 25.8 Å². The number of rotatable bonds is 4. The average Bonchev–Trinajstić information content (AvgIpc) is 2.19. The summed E-state index contributed by atoms with van der Waals surface area (Å²) in [5.74, 6) is -1.66. The Labute approximate surface area is 88.1 Å². The van der Waals surface area contributed by atoms with Crippen molar-refractivity contribution in [3.8, 4) is 0 Å². The highest BCUT2D eigenvalue weighted by molar-refractivity contribution is 5.49. The SMILES string of the molecule is CN(C)c1cc(CCCO)cc(F)c1F. The molecule has 0 radical (unpaired) electrons. The number of benzene rings is 1. The van der Waals surface area contributed by atoms with Crippen LogP contribution in [0.15, 0.2) is 12.1 Å². The molecule has 1 N–H and O–H groups in total. The van der Waals surface area contributed by atoms with E-state index in [1.54, 1.807) is 20.2 Å². The first-order valence-electron chi connectivity index (χ1n) is 4.82. The minimum Gasteiger partial charge on any atom is -0.396 e. The predicted octanol–water partition coefficient (Wildman–Crippen LogP) is 1.96. The lowest BCUT2D eigenvalue weighted by Gasteiger charge is -2.15. The van der Waals surface area contributed by atoms with Gasteiger partial charge >= 0.3 is 0 Å². The summed E-state index contributed by atoms with van der Waals surface area (Å²) in [4.78, 5) is 1.53. The molecular formula is C11H15F2NO. The van der Waals surface area contributed by atoms with Gasteiger partial charge in [-0.3, -0.25) is 0 Å². The summed E-state index contributed by atoms with van der Waals surface area (Å²) in [5, 5.41) is 8.65. The van der Waals surface area contributed by atoms with Gasteiger partial charge in [-0.15, -0.1) is 0 Å². The number of aryl methyl sites for hydroxylation is 1. The molecule has 0 bridgehead atoms. The van der Waals surface area contributed by atoms with Gasteiger partial charge < -0.3 is 10.0 Å². The fourth-order valence-electron chi connectivity index (χ4n) is 1.38. The van der Waals surface area contributed by atoms with Crippen molar-refractivity contribution in [1.29, 1.82) is 0 Å². The van der Waals surface area contributed by atoms with Gasteiger partial charge in [-0.1, -0.05) is 0 Å². The van der Waals surface area contributed by atoms with E-state index in [2.05, 4.69) is 0 Å². The molecule has 0 atom stereocenters. The summed E-state index contributed by atoms with van der Waals surface area (Å²) in [6.07, 6.45) is 1.10. The minimum absolute atomic E-state index is 0.0519. The molecule has 0 fully saturated rings. The largest absolute Gasteiger partial charge is 0.396 e. The first kappa shape index (κ1) is 11.9. The van der Waals surface area contributed by atoms with Gasteiger partial charge in [-0.05, 0) is 30.5 Å². The van der Waals surface area contributed by atoms with Crippen LogP contribution in [0.2, 0.25) is 0 Å². The number of aliphatic hydroxyl groups excluding tert-OH is 1. The second-order valence-corrected chi connectivity index (χ2v) is 3.63. The number of nitrogens with zero attached hydrogens (tertiary/aromatic N) is 1. The lowest BCUT2D eigenvalue weighted by molar-refractivity contribution is 0.288. The molecule has 0 aromatic heterocycles. The maximum atomic E-state index is 13.3. The predicted molar refractivity (Wildman–Crippen MR) is 56.1 cm³/mol. The van der Waals surface area contributed by atoms with E-state index in [1.165, 1.54) is 11.0 Å². The lowest BCUT2D eigenvalue weighted by atomic mass is 10.1. The van der Waals surface area contributed by atoms with Crippen LogP contribution in [-0.2, 0) is 6.42 Å². The number of aliphatic hydroxyl groups is 1. The topological polar surface area (TPSA) is 23.5 Å². The molecule has 1 aromatic rings. The van der Waals surface area contributed by atoms with Crippen LogP contribution in [0, 0.1) is 11.6 Å². The second kappa shape index (κ2) is 5.07. The molecule has 2 nitrogen and oxygen atoms in total. The zero-order valence-corrected chi connectivity index (χ0v) is 8.93. The van der Waals surface area contributed by atoms with Gasteiger partial charge in [0.25, 0.3) is 0 Å². The average molecular weight is 215 g/mol. The van der Waals surface area contributed by atoms with E-state index >= 15 is 0 Å².